The molecule has 0 bridgehead atoms. The lowest BCUT2D eigenvalue weighted by molar-refractivity contribution is -0.116. The van der Waals surface area contributed by atoms with Crippen LogP contribution in [-0.2, 0) is 14.8 Å². The van der Waals surface area contributed by atoms with Gasteiger partial charge in [-0.05, 0) is 62.4 Å². The Morgan fingerprint density at radius 1 is 1.00 bits per heavy atom. The summed E-state index contributed by atoms with van der Waals surface area (Å²) in [6, 6.07) is 12.3. The highest BCUT2D eigenvalue weighted by atomic mass is 32.2. The SMILES string of the molecule is COc1ccc(C(=O)CCC(=O)Nc2ccc(S(=O)(=O)Nc3onc(C)c3C)cc2)cc1. The molecule has 0 aliphatic carbocycles. The minimum absolute atomic E-state index is 0.00126. The number of carbonyl (C=O) groups excluding carboxylic acids is 2. The number of rotatable bonds is 9. The molecular weight excluding hydrogens is 434 g/mol. The number of hydrogen-bond donors (Lipinski definition) is 2. The Bertz CT molecular complexity index is 1220. The van der Waals surface area contributed by atoms with Crippen LogP contribution in [0.5, 0.6) is 5.75 Å². The van der Waals surface area contributed by atoms with Gasteiger partial charge in [-0.1, -0.05) is 5.16 Å². The molecular formula is C22H23N3O6S. The molecule has 168 valence electrons. The van der Waals surface area contributed by atoms with Crippen LogP contribution in [0.3, 0.4) is 0 Å². The van der Waals surface area contributed by atoms with Crippen molar-refractivity contribution in [3.8, 4) is 5.75 Å². The molecule has 0 radical (unpaired) electrons. The van der Waals surface area contributed by atoms with Gasteiger partial charge in [0.05, 0.1) is 17.7 Å². The predicted molar refractivity (Wildman–Crippen MR) is 118 cm³/mol. The Morgan fingerprint density at radius 2 is 1.66 bits per heavy atom. The Labute approximate surface area is 185 Å². The van der Waals surface area contributed by atoms with Crippen molar-refractivity contribution in [1.29, 1.82) is 0 Å². The second kappa shape index (κ2) is 9.65. The number of hydrogen-bond acceptors (Lipinski definition) is 7. The quantitative estimate of drug-likeness (QED) is 0.469. The first-order chi connectivity index (χ1) is 15.2. The number of sulfonamides is 1. The second-order valence-corrected chi connectivity index (χ2v) is 8.73. The summed E-state index contributed by atoms with van der Waals surface area (Å²) in [6.45, 7) is 3.40. The summed E-state index contributed by atoms with van der Waals surface area (Å²) in [6.07, 6.45) is 0.0427. The topological polar surface area (TPSA) is 128 Å². The maximum absolute atomic E-state index is 12.5. The van der Waals surface area contributed by atoms with Crippen LogP contribution in [0.15, 0.2) is 57.9 Å². The fourth-order valence-corrected chi connectivity index (χ4v) is 3.83. The van der Waals surface area contributed by atoms with Gasteiger partial charge in [0.2, 0.25) is 11.8 Å². The third kappa shape index (κ3) is 5.52. The Kier molecular flexibility index (Phi) is 6.94. The normalized spacial score (nSPS) is 11.1. The molecule has 0 unspecified atom stereocenters. The molecule has 0 aliphatic rings. The van der Waals surface area contributed by atoms with E-state index in [1.807, 2.05) is 0 Å². The Hall–Kier alpha value is -3.66. The fraction of sp³-hybridized carbons (Fsp3) is 0.227. The minimum Gasteiger partial charge on any atom is -0.497 e. The average Bonchev–Trinajstić information content (AvgIpc) is 3.09. The van der Waals surface area contributed by atoms with Crippen LogP contribution in [0, 0.1) is 13.8 Å². The van der Waals surface area contributed by atoms with E-state index in [9.17, 15) is 18.0 Å². The van der Waals surface area contributed by atoms with E-state index in [2.05, 4.69) is 15.2 Å². The smallest absolute Gasteiger partial charge is 0.264 e. The molecule has 3 rings (SSSR count). The lowest BCUT2D eigenvalue weighted by Crippen LogP contribution is -2.15. The van der Waals surface area contributed by atoms with E-state index < -0.39 is 10.0 Å². The summed E-state index contributed by atoms with van der Waals surface area (Å²) in [4.78, 5) is 24.4. The monoisotopic (exact) mass is 457 g/mol. The molecule has 10 heteroatoms. The number of carbonyl (C=O) groups is 2. The maximum Gasteiger partial charge on any atom is 0.264 e. The van der Waals surface area contributed by atoms with Gasteiger partial charge in [0.1, 0.15) is 5.75 Å². The van der Waals surface area contributed by atoms with E-state index in [1.165, 1.54) is 31.4 Å². The molecule has 1 heterocycles. The number of Topliss-reactive ketones (excluding diaryl/α,β-unsaturated/α-hetero) is 1. The van der Waals surface area contributed by atoms with Gasteiger partial charge in [-0.15, -0.1) is 0 Å². The zero-order chi connectivity index (χ0) is 23.3. The number of nitrogens with zero attached hydrogens (tertiary/aromatic N) is 1. The van der Waals surface area contributed by atoms with Crippen LogP contribution in [0.2, 0.25) is 0 Å². The Balaban J connectivity index is 1.55. The van der Waals surface area contributed by atoms with Crippen LogP contribution in [0.1, 0.15) is 34.5 Å². The number of ketones is 1. The van der Waals surface area contributed by atoms with Gasteiger partial charge in [0, 0.05) is 29.7 Å². The molecule has 32 heavy (non-hydrogen) atoms. The first kappa shape index (κ1) is 23.0. The zero-order valence-corrected chi connectivity index (χ0v) is 18.7. The standard InChI is InChI=1S/C22H23N3O6S/c1-14-15(2)24-31-22(14)25-32(28,29)19-10-6-17(7-11-19)23-21(27)13-12-20(26)16-4-8-18(30-3)9-5-16/h4-11,25H,12-13H2,1-3H3,(H,23,27). The highest BCUT2D eigenvalue weighted by molar-refractivity contribution is 7.92. The van der Waals surface area contributed by atoms with Gasteiger partial charge in [0.25, 0.3) is 10.0 Å². The number of nitrogens with one attached hydrogen (secondary N) is 2. The lowest BCUT2D eigenvalue weighted by Gasteiger charge is -2.08. The van der Waals surface area contributed by atoms with Gasteiger partial charge >= 0.3 is 0 Å². The van der Waals surface area contributed by atoms with Crippen LogP contribution in [0.4, 0.5) is 11.6 Å². The van der Waals surface area contributed by atoms with E-state index in [0.29, 0.717) is 28.3 Å². The second-order valence-electron chi connectivity index (χ2n) is 7.05. The molecule has 0 fully saturated rings. The number of amides is 1. The molecule has 3 aromatic rings. The van der Waals surface area contributed by atoms with Crippen molar-refractivity contribution < 1.29 is 27.3 Å². The zero-order valence-electron chi connectivity index (χ0n) is 17.8. The summed E-state index contributed by atoms with van der Waals surface area (Å²) in [5.41, 5.74) is 2.10. The molecule has 2 N–H and O–H groups in total. The van der Waals surface area contributed by atoms with E-state index in [4.69, 9.17) is 9.26 Å². The number of ether oxygens (including phenoxy) is 1. The summed E-state index contributed by atoms with van der Waals surface area (Å²) < 4.78 is 37.4. The van der Waals surface area contributed by atoms with E-state index in [1.54, 1.807) is 38.1 Å². The number of aromatic nitrogens is 1. The van der Waals surface area contributed by atoms with Crippen molar-refractivity contribution in [2.24, 2.45) is 0 Å². The van der Waals surface area contributed by atoms with E-state index >= 15 is 0 Å². The number of aryl methyl sites for hydroxylation is 1. The highest BCUT2D eigenvalue weighted by Gasteiger charge is 2.19. The first-order valence-electron chi connectivity index (χ1n) is 9.72. The molecule has 2 aromatic carbocycles. The fourth-order valence-electron chi connectivity index (χ4n) is 2.78. The first-order valence-corrected chi connectivity index (χ1v) is 11.2. The van der Waals surface area contributed by atoms with Crippen molar-refractivity contribution in [3.63, 3.8) is 0 Å². The van der Waals surface area contributed by atoms with Crippen LogP contribution < -0.4 is 14.8 Å². The Morgan fingerprint density at radius 3 is 2.22 bits per heavy atom. The predicted octanol–water partition coefficient (Wildman–Crippen LogP) is 3.70. The third-order valence-corrected chi connectivity index (χ3v) is 6.17. The lowest BCUT2D eigenvalue weighted by atomic mass is 10.1. The molecule has 0 aliphatic heterocycles. The van der Waals surface area contributed by atoms with Crippen molar-refractivity contribution in [2.45, 2.75) is 31.6 Å². The van der Waals surface area contributed by atoms with Crippen LogP contribution in [-0.4, -0.2) is 32.4 Å². The van der Waals surface area contributed by atoms with Crippen LogP contribution in [0.25, 0.3) is 0 Å². The molecule has 1 amide bonds. The van der Waals surface area contributed by atoms with Crippen LogP contribution >= 0.6 is 0 Å². The highest BCUT2D eigenvalue weighted by Crippen LogP contribution is 2.22. The summed E-state index contributed by atoms with van der Waals surface area (Å²) in [7, 11) is -2.34. The number of methoxy groups -OCH3 is 1. The van der Waals surface area contributed by atoms with Gasteiger partial charge in [-0.25, -0.2) is 13.1 Å². The minimum atomic E-state index is -3.87. The molecule has 0 atom stereocenters. The van der Waals surface area contributed by atoms with Crippen molar-refractivity contribution in [3.05, 3.63) is 65.4 Å². The number of anilines is 2. The molecule has 0 saturated heterocycles. The summed E-state index contributed by atoms with van der Waals surface area (Å²) in [5.74, 6) is 0.189. The summed E-state index contributed by atoms with van der Waals surface area (Å²) >= 11 is 0. The largest absolute Gasteiger partial charge is 0.497 e. The van der Waals surface area contributed by atoms with Crippen molar-refractivity contribution in [2.75, 3.05) is 17.1 Å². The van der Waals surface area contributed by atoms with E-state index in [-0.39, 0.29) is 35.3 Å². The maximum atomic E-state index is 12.5. The number of benzene rings is 2. The average molecular weight is 458 g/mol. The molecule has 9 nitrogen and oxygen atoms in total. The third-order valence-electron chi connectivity index (χ3n) is 4.82. The molecule has 1 aromatic heterocycles. The van der Waals surface area contributed by atoms with Crippen molar-refractivity contribution >= 4 is 33.3 Å². The van der Waals surface area contributed by atoms with Gasteiger partial charge in [-0.2, -0.15) is 0 Å². The molecule has 0 spiro atoms. The summed E-state index contributed by atoms with van der Waals surface area (Å²) in [5, 5.41) is 6.37. The van der Waals surface area contributed by atoms with Gasteiger partial charge < -0.3 is 14.6 Å². The van der Waals surface area contributed by atoms with Gasteiger partial charge in [-0.3, -0.25) is 9.59 Å². The van der Waals surface area contributed by atoms with Gasteiger partial charge in [0.15, 0.2) is 5.78 Å². The van der Waals surface area contributed by atoms with E-state index in [0.717, 1.165) is 0 Å². The molecule has 0 saturated carbocycles. The van der Waals surface area contributed by atoms with Crippen molar-refractivity contribution in [1.82, 2.24) is 5.16 Å².